The molecule has 2 aromatic carbocycles. The first-order valence-electron chi connectivity index (χ1n) is 9.92. The molecule has 7 heteroatoms. The molecule has 0 aliphatic rings. The molecule has 1 atom stereocenters. The maximum Gasteiger partial charge on any atom is 0.242 e. The summed E-state index contributed by atoms with van der Waals surface area (Å²) in [6.07, 6.45) is 0.892. The average molecular weight is 416 g/mol. The van der Waals surface area contributed by atoms with E-state index in [2.05, 4.69) is 5.32 Å². The molecule has 0 heterocycles. The Balaban J connectivity index is 1.97. The van der Waals surface area contributed by atoms with Crippen LogP contribution in [-0.2, 0) is 22.6 Å². The molecular formula is C23H29FN2O4. The fraction of sp³-hybridized carbons (Fsp3) is 0.391. The minimum absolute atomic E-state index is 0.137. The van der Waals surface area contributed by atoms with Crippen molar-refractivity contribution < 1.29 is 23.5 Å². The van der Waals surface area contributed by atoms with Crippen LogP contribution in [0.3, 0.4) is 0 Å². The number of carbonyl (C=O) groups excluding carboxylic acids is 2. The Morgan fingerprint density at radius 1 is 1.03 bits per heavy atom. The van der Waals surface area contributed by atoms with Gasteiger partial charge < -0.3 is 19.7 Å². The lowest BCUT2D eigenvalue weighted by Crippen LogP contribution is -2.47. The van der Waals surface area contributed by atoms with Crippen molar-refractivity contribution in [3.63, 3.8) is 0 Å². The van der Waals surface area contributed by atoms with Crippen LogP contribution in [-0.4, -0.2) is 43.5 Å². The number of nitrogens with one attached hydrogen (secondary N) is 1. The van der Waals surface area contributed by atoms with Gasteiger partial charge in [-0.3, -0.25) is 9.59 Å². The lowest BCUT2D eigenvalue weighted by atomic mass is 10.1. The number of benzene rings is 2. The van der Waals surface area contributed by atoms with Gasteiger partial charge in [-0.05, 0) is 48.7 Å². The summed E-state index contributed by atoms with van der Waals surface area (Å²) in [7, 11) is 3.15. The number of hydrogen-bond donors (Lipinski definition) is 1. The highest BCUT2D eigenvalue weighted by atomic mass is 19.1. The zero-order valence-electron chi connectivity index (χ0n) is 17.9. The van der Waals surface area contributed by atoms with Gasteiger partial charge in [-0.15, -0.1) is 0 Å². The lowest BCUT2D eigenvalue weighted by Gasteiger charge is -2.28. The molecule has 0 aliphatic carbocycles. The molecule has 0 bridgehead atoms. The van der Waals surface area contributed by atoms with Crippen molar-refractivity contribution in [2.75, 3.05) is 20.8 Å². The van der Waals surface area contributed by atoms with Gasteiger partial charge >= 0.3 is 0 Å². The summed E-state index contributed by atoms with van der Waals surface area (Å²) >= 11 is 0. The first-order chi connectivity index (χ1) is 14.4. The van der Waals surface area contributed by atoms with Crippen LogP contribution in [0.5, 0.6) is 11.5 Å². The number of ether oxygens (including phenoxy) is 2. The largest absolute Gasteiger partial charge is 0.493 e. The summed E-state index contributed by atoms with van der Waals surface area (Å²) in [6, 6.07) is 10.9. The highest BCUT2D eigenvalue weighted by Gasteiger charge is 2.24. The van der Waals surface area contributed by atoms with Gasteiger partial charge in [-0.2, -0.15) is 0 Å². The summed E-state index contributed by atoms with van der Waals surface area (Å²) in [5.41, 5.74) is 1.76. The van der Waals surface area contributed by atoms with E-state index >= 15 is 0 Å². The van der Waals surface area contributed by atoms with Crippen molar-refractivity contribution in [3.05, 3.63) is 59.4 Å². The molecule has 2 amide bonds. The van der Waals surface area contributed by atoms with E-state index in [1.54, 1.807) is 40.2 Å². The molecule has 1 unspecified atom stereocenters. The molecule has 0 spiro atoms. The first-order valence-corrected chi connectivity index (χ1v) is 9.92. The van der Waals surface area contributed by atoms with E-state index < -0.39 is 6.04 Å². The van der Waals surface area contributed by atoms with Gasteiger partial charge in [0.25, 0.3) is 0 Å². The number of rotatable bonds is 10. The third-order valence-electron chi connectivity index (χ3n) is 4.90. The molecule has 30 heavy (non-hydrogen) atoms. The molecule has 1 N–H and O–H groups in total. The minimum atomic E-state index is -0.645. The third-order valence-corrected chi connectivity index (χ3v) is 4.90. The van der Waals surface area contributed by atoms with Gasteiger partial charge in [-0.1, -0.05) is 25.1 Å². The maximum atomic E-state index is 13.1. The quantitative estimate of drug-likeness (QED) is 0.645. The number of amides is 2. The SMILES string of the molecule is CCC(=O)N(Cc1ccc(F)cc1)C(C)C(=O)NCCc1ccc(OC)c(OC)c1. The van der Waals surface area contributed by atoms with Gasteiger partial charge in [0, 0.05) is 19.5 Å². The molecule has 0 aliphatic heterocycles. The van der Waals surface area contributed by atoms with Crippen molar-refractivity contribution >= 4 is 11.8 Å². The number of nitrogens with zero attached hydrogens (tertiary/aromatic N) is 1. The summed E-state index contributed by atoms with van der Waals surface area (Å²) in [6.45, 7) is 4.12. The molecule has 2 rings (SSSR count). The number of hydrogen-bond acceptors (Lipinski definition) is 4. The Morgan fingerprint density at radius 3 is 2.27 bits per heavy atom. The van der Waals surface area contributed by atoms with E-state index in [1.165, 1.54) is 17.0 Å². The molecule has 2 aromatic rings. The third kappa shape index (κ3) is 6.20. The monoisotopic (exact) mass is 416 g/mol. The number of carbonyl (C=O) groups is 2. The highest BCUT2D eigenvalue weighted by Crippen LogP contribution is 2.27. The molecular weight excluding hydrogens is 387 g/mol. The summed E-state index contributed by atoms with van der Waals surface area (Å²) < 4.78 is 23.7. The van der Waals surface area contributed by atoms with Crippen LogP contribution in [0.4, 0.5) is 4.39 Å². The highest BCUT2D eigenvalue weighted by molar-refractivity contribution is 5.87. The van der Waals surface area contributed by atoms with Crippen molar-refractivity contribution in [1.29, 1.82) is 0 Å². The summed E-state index contributed by atoms with van der Waals surface area (Å²) in [4.78, 5) is 26.6. The van der Waals surface area contributed by atoms with E-state index in [9.17, 15) is 14.0 Å². The van der Waals surface area contributed by atoms with Gasteiger partial charge in [0.1, 0.15) is 11.9 Å². The molecule has 0 saturated carbocycles. The molecule has 0 saturated heterocycles. The van der Waals surface area contributed by atoms with Gasteiger partial charge in [0.2, 0.25) is 11.8 Å². The molecule has 0 aromatic heterocycles. The van der Waals surface area contributed by atoms with Crippen LogP contribution >= 0.6 is 0 Å². The Kier molecular flexibility index (Phi) is 8.65. The van der Waals surface area contributed by atoms with Crippen LogP contribution in [0.1, 0.15) is 31.4 Å². The van der Waals surface area contributed by atoms with Crippen molar-refractivity contribution in [2.45, 2.75) is 39.3 Å². The summed E-state index contributed by atoms with van der Waals surface area (Å²) in [5, 5.41) is 2.89. The van der Waals surface area contributed by atoms with E-state index in [0.29, 0.717) is 24.5 Å². The second kappa shape index (κ2) is 11.2. The normalized spacial score (nSPS) is 11.5. The number of methoxy groups -OCH3 is 2. The van der Waals surface area contributed by atoms with E-state index in [0.717, 1.165) is 11.1 Å². The van der Waals surface area contributed by atoms with Crippen LogP contribution < -0.4 is 14.8 Å². The van der Waals surface area contributed by atoms with E-state index in [-0.39, 0.29) is 30.6 Å². The van der Waals surface area contributed by atoms with Crippen molar-refractivity contribution in [1.82, 2.24) is 10.2 Å². The molecule has 0 radical (unpaired) electrons. The standard InChI is InChI=1S/C23H29FN2O4/c1-5-22(27)26(15-18-6-9-19(24)10-7-18)16(2)23(28)25-13-12-17-8-11-20(29-3)21(14-17)30-4/h6-11,14,16H,5,12-13,15H2,1-4H3,(H,25,28). The van der Waals surface area contributed by atoms with Crippen LogP contribution in [0.2, 0.25) is 0 Å². The zero-order chi connectivity index (χ0) is 22.1. The Labute approximate surface area is 177 Å². The van der Waals surface area contributed by atoms with Gasteiger partial charge in [0.15, 0.2) is 11.5 Å². The van der Waals surface area contributed by atoms with Crippen LogP contribution in [0.25, 0.3) is 0 Å². The predicted octanol–water partition coefficient (Wildman–Crippen LogP) is 3.33. The molecule has 162 valence electrons. The smallest absolute Gasteiger partial charge is 0.242 e. The maximum absolute atomic E-state index is 13.1. The van der Waals surface area contributed by atoms with Crippen molar-refractivity contribution in [2.24, 2.45) is 0 Å². The van der Waals surface area contributed by atoms with E-state index in [4.69, 9.17) is 9.47 Å². The topological polar surface area (TPSA) is 67.9 Å². The Morgan fingerprint density at radius 2 is 1.67 bits per heavy atom. The fourth-order valence-electron chi connectivity index (χ4n) is 3.09. The first kappa shape index (κ1) is 23.2. The molecule has 0 fully saturated rings. The van der Waals surface area contributed by atoms with Crippen LogP contribution in [0.15, 0.2) is 42.5 Å². The van der Waals surface area contributed by atoms with Crippen LogP contribution in [0, 0.1) is 5.82 Å². The number of halogens is 1. The second-order valence-electron chi connectivity index (χ2n) is 6.91. The Hall–Kier alpha value is -3.09. The second-order valence-corrected chi connectivity index (χ2v) is 6.91. The van der Waals surface area contributed by atoms with Crippen molar-refractivity contribution in [3.8, 4) is 11.5 Å². The summed E-state index contributed by atoms with van der Waals surface area (Å²) in [5.74, 6) is 0.566. The fourth-order valence-corrected chi connectivity index (χ4v) is 3.09. The predicted molar refractivity (Wildman–Crippen MR) is 113 cm³/mol. The van der Waals surface area contributed by atoms with Gasteiger partial charge in [-0.25, -0.2) is 4.39 Å². The average Bonchev–Trinajstić information content (AvgIpc) is 2.77. The van der Waals surface area contributed by atoms with E-state index in [1.807, 2.05) is 18.2 Å². The zero-order valence-corrected chi connectivity index (χ0v) is 17.9. The Bertz CT molecular complexity index is 855. The molecule has 6 nitrogen and oxygen atoms in total. The lowest BCUT2D eigenvalue weighted by molar-refractivity contribution is -0.140. The van der Waals surface area contributed by atoms with Gasteiger partial charge in [0.05, 0.1) is 14.2 Å². The minimum Gasteiger partial charge on any atom is -0.493 e.